The summed E-state index contributed by atoms with van der Waals surface area (Å²) in [5.74, 6) is 0.666. The monoisotopic (exact) mass is 164 g/mol. The first kappa shape index (κ1) is 7.02. The van der Waals surface area contributed by atoms with Crippen LogP contribution in [0.3, 0.4) is 0 Å². The maximum Gasteiger partial charge on any atom is 0.298 e. The van der Waals surface area contributed by atoms with E-state index in [0.717, 1.165) is 0 Å². The number of aromatic nitrogens is 4. The fourth-order valence-corrected chi connectivity index (χ4v) is 1.13. The van der Waals surface area contributed by atoms with Crippen molar-refractivity contribution in [2.24, 2.45) is 7.05 Å². The summed E-state index contributed by atoms with van der Waals surface area (Å²) in [4.78, 5) is 21.8. The van der Waals surface area contributed by atoms with Gasteiger partial charge in [-0.05, 0) is 6.92 Å². The van der Waals surface area contributed by atoms with Gasteiger partial charge in [-0.1, -0.05) is 0 Å². The van der Waals surface area contributed by atoms with Crippen molar-refractivity contribution in [3.63, 3.8) is 0 Å². The first-order chi connectivity index (χ1) is 5.70. The molecule has 0 saturated carbocycles. The molecular formula is C7H8N4O. The van der Waals surface area contributed by atoms with Gasteiger partial charge in [0.25, 0.3) is 5.56 Å². The molecule has 0 aliphatic heterocycles. The summed E-state index contributed by atoms with van der Waals surface area (Å²) >= 11 is 0. The number of H-pyrrole nitrogens is 1. The number of aryl methyl sites for hydroxylation is 2. The predicted octanol–water partition coefficient (Wildman–Crippen LogP) is -0.0350. The minimum atomic E-state index is -0.252. The van der Waals surface area contributed by atoms with Crippen molar-refractivity contribution in [1.82, 2.24) is 19.5 Å². The number of fused-ring (bicyclic) bond motifs is 1. The van der Waals surface area contributed by atoms with Crippen LogP contribution in [0.4, 0.5) is 0 Å². The van der Waals surface area contributed by atoms with Gasteiger partial charge in [-0.2, -0.15) is 4.98 Å². The molecule has 0 atom stereocenters. The molecule has 0 aliphatic rings. The van der Waals surface area contributed by atoms with Gasteiger partial charge >= 0.3 is 0 Å². The average molecular weight is 164 g/mol. The standard InChI is InChI=1S/C7H8N4O/c1-4-10-7(12)5-6(11(4)2)9-3-8-5/h3H,1-2H3,(H,8,9). The predicted molar refractivity (Wildman–Crippen MR) is 43.9 cm³/mol. The summed E-state index contributed by atoms with van der Waals surface area (Å²) in [6.45, 7) is 1.77. The molecule has 62 valence electrons. The SMILES string of the molecule is Cc1nc(=O)c2[nH]cnc2n1C. The number of nitrogens with zero attached hydrogens (tertiary/aromatic N) is 3. The van der Waals surface area contributed by atoms with Crippen molar-refractivity contribution in [3.8, 4) is 0 Å². The molecule has 1 N–H and O–H groups in total. The van der Waals surface area contributed by atoms with E-state index in [-0.39, 0.29) is 5.56 Å². The molecule has 0 amide bonds. The third-order valence-electron chi connectivity index (χ3n) is 1.90. The van der Waals surface area contributed by atoms with E-state index in [1.165, 1.54) is 6.33 Å². The zero-order chi connectivity index (χ0) is 8.72. The minimum Gasteiger partial charge on any atom is -0.339 e. The first-order valence-corrected chi connectivity index (χ1v) is 3.57. The Morgan fingerprint density at radius 1 is 1.58 bits per heavy atom. The fraction of sp³-hybridized carbons (Fsp3) is 0.286. The summed E-state index contributed by atoms with van der Waals surface area (Å²) in [6.07, 6.45) is 1.49. The van der Waals surface area contributed by atoms with E-state index >= 15 is 0 Å². The average Bonchev–Trinajstić information content (AvgIpc) is 2.48. The van der Waals surface area contributed by atoms with Crippen molar-refractivity contribution >= 4 is 11.2 Å². The highest BCUT2D eigenvalue weighted by Gasteiger charge is 2.05. The third kappa shape index (κ3) is 0.761. The van der Waals surface area contributed by atoms with Crippen molar-refractivity contribution in [2.45, 2.75) is 6.92 Å². The Kier molecular flexibility index (Phi) is 1.27. The topological polar surface area (TPSA) is 63.6 Å². The summed E-state index contributed by atoms with van der Waals surface area (Å²) in [6, 6.07) is 0. The van der Waals surface area contributed by atoms with Crippen LogP contribution in [0.5, 0.6) is 0 Å². The van der Waals surface area contributed by atoms with E-state index in [9.17, 15) is 4.79 Å². The lowest BCUT2D eigenvalue weighted by molar-refractivity contribution is 0.829. The molecule has 2 aromatic rings. The Morgan fingerprint density at radius 2 is 2.33 bits per heavy atom. The second kappa shape index (κ2) is 2.17. The van der Waals surface area contributed by atoms with Crippen LogP contribution in [0.1, 0.15) is 5.82 Å². The Hall–Kier alpha value is -1.65. The lowest BCUT2D eigenvalue weighted by Crippen LogP contribution is -2.14. The summed E-state index contributed by atoms with van der Waals surface area (Å²) < 4.78 is 1.77. The molecule has 0 aliphatic carbocycles. The van der Waals surface area contributed by atoms with Crippen molar-refractivity contribution < 1.29 is 0 Å². The molecule has 2 rings (SSSR count). The van der Waals surface area contributed by atoms with Gasteiger partial charge in [0.15, 0.2) is 11.2 Å². The highest BCUT2D eigenvalue weighted by atomic mass is 16.1. The van der Waals surface area contributed by atoms with Gasteiger partial charge in [-0.3, -0.25) is 4.79 Å². The maximum atomic E-state index is 11.2. The highest BCUT2D eigenvalue weighted by molar-refractivity contribution is 5.68. The number of aromatic amines is 1. The molecule has 0 spiro atoms. The number of rotatable bonds is 0. The number of hydrogen-bond donors (Lipinski definition) is 1. The zero-order valence-electron chi connectivity index (χ0n) is 6.83. The van der Waals surface area contributed by atoms with Crippen LogP contribution >= 0.6 is 0 Å². The molecule has 0 radical (unpaired) electrons. The Bertz CT molecular complexity index is 482. The largest absolute Gasteiger partial charge is 0.339 e. The molecule has 12 heavy (non-hydrogen) atoms. The lowest BCUT2D eigenvalue weighted by Gasteiger charge is -2.01. The maximum absolute atomic E-state index is 11.2. The fourth-order valence-electron chi connectivity index (χ4n) is 1.13. The molecule has 2 heterocycles. The summed E-state index contributed by atoms with van der Waals surface area (Å²) in [5.41, 5.74) is 0.855. The van der Waals surface area contributed by atoms with Gasteiger partial charge in [-0.25, -0.2) is 4.98 Å². The number of hydrogen-bond acceptors (Lipinski definition) is 3. The second-order valence-electron chi connectivity index (χ2n) is 2.62. The Labute approximate surface area is 68.1 Å². The van der Waals surface area contributed by atoms with E-state index in [2.05, 4.69) is 15.0 Å². The molecule has 5 heteroatoms. The van der Waals surface area contributed by atoms with E-state index in [1.807, 2.05) is 7.05 Å². The quantitative estimate of drug-likeness (QED) is 0.594. The Morgan fingerprint density at radius 3 is 3.08 bits per heavy atom. The minimum absolute atomic E-state index is 0.252. The van der Waals surface area contributed by atoms with Gasteiger partial charge in [0.05, 0.1) is 6.33 Å². The van der Waals surface area contributed by atoms with Crippen LogP contribution in [0.15, 0.2) is 11.1 Å². The van der Waals surface area contributed by atoms with Gasteiger partial charge in [-0.15, -0.1) is 0 Å². The summed E-state index contributed by atoms with van der Waals surface area (Å²) in [7, 11) is 1.82. The van der Waals surface area contributed by atoms with E-state index < -0.39 is 0 Å². The second-order valence-corrected chi connectivity index (χ2v) is 2.62. The van der Waals surface area contributed by atoms with Crippen molar-refractivity contribution in [2.75, 3.05) is 0 Å². The molecule has 0 fully saturated rings. The van der Waals surface area contributed by atoms with Gasteiger partial charge in [0.1, 0.15) is 5.82 Å². The highest BCUT2D eigenvalue weighted by Crippen LogP contribution is 2.02. The Balaban J connectivity index is 3.07. The van der Waals surface area contributed by atoms with Crippen molar-refractivity contribution in [3.05, 3.63) is 22.5 Å². The molecule has 0 bridgehead atoms. The molecule has 2 aromatic heterocycles. The first-order valence-electron chi connectivity index (χ1n) is 3.57. The van der Waals surface area contributed by atoms with Crippen LogP contribution < -0.4 is 5.56 Å². The number of imidazole rings is 1. The van der Waals surface area contributed by atoms with Crippen LogP contribution in [0.2, 0.25) is 0 Å². The van der Waals surface area contributed by atoms with E-state index in [4.69, 9.17) is 0 Å². The van der Waals surface area contributed by atoms with Gasteiger partial charge < -0.3 is 9.55 Å². The van der Waals surface area contributed by atoms with Crippen LogP contribution in [-0.2, 0) is 7.05 Å². The van der Waals surface area contributed by atoms with Crippen molar-refractivity contribution in [1.29, 1.82) is 0 Å². The lowest BCUT2D eigenvalue weighted by atomic mass is 10.5. The zero-order valence-corrected chi connectivity index (χ0v) is 6.83. The molecule has 0 saturated heterocycles. The van der Waals surface area contributed by atoms with Crippen LogP contribution in [0, 0.1) is 6.92 Å². The molecule has 0 unspecified atom stereocenters. The molecular weight excluding hydrogens is 156 g/mol. The van der Waals surface area contributed by atoms with Crippen LogP contribution in [-0.4, -0.2) is 19.5 Å². The van der Waals surface area contributed by atoms with Gasteiger partial charge in [0, 0.05) is 7.05 Å². The normalized spacial score (nSPS) is 10.8. The number of nitrogens with one attached hydrogen (secondary N) is 1. The third-order valence-corrected chi connectivity index (χ3v) is 1.90. The van der Waals surface area contributed by atoms with Gasteiger partial charge in [0.2, 0.25) is 0 Å². The van der Waals surface area contributed by atoms with E-state index in [0.29, 0.717) is 17.0 Å². The van der Waals surface area contributed by atoms with E-state index in [1.54, 1.807) is 11.5 Å². The molecule has 0 aromatic carbocycles. The summed E-state index contributed by atoms with van der Waals surface area (Å²) in [5, 5.41) is 0. The van der Waals surface area contributed by atoms with Crippen LogP contribution in [0.25, 0.3) is 11.2 Å². The molecule has 5 nitrogen and oxygen atoms in total. The smallest absolute Gasteiger partial charge is 0.298 e.